The van der Waals surface area contributed by atoms with Gasteiger partial charge in [0.15, 0.2) is 0 Å². The molecule has 1 saturated carbocycles. The predicted octanol–water partition coefficient (Wildman–Crippen LogP) is 5.74. The van der Waals surface area contributed by atoms with E-state index in [1.165, 1.54) is 37.7 Å². The van der Waals surface area contributed by atoms with Crippen LogP contribution in [0.1, 0.15) is 97.8 Å². The van der Waals surface area contributed by atoms with Gasteiger partial charge in [-0.15, -0.1) is 0 Å². The molecule has 6 heteroatoms. The van der Waals surface area contributed by atoms with E-state index in [0.717, 1.165) is 19.3 Å². The van der Waals surface area contributed by atoms with Gasteiger partial charge in [0.1, 0.15) is 0 Å². The first-order valence-corrected chi connectivity index (χ1v) is 12.8. The zero-order valence-corrected chi connectivity index (χ0v) is 20.0. The van der Waals surface area contributed by atoms with E-state index >= 15 is 0 Å². The number of hydrogen-bond acceptors (Lipinski definition) is 5. The number of aliphatic hydroxyl groups excluding tert-OH is 1. The van der Waals surface area contributed by atoms with Crippen LogP contribution >= 0.6 is 11.8 Å². The summed E-state index contributed by atoms with van der Waals surface area (Å²) in [6.45, 7) is 6.35. The molecule has 0 bridgehead atoms. The van der Waals surface area contributed by atoms with Crippen molar-refractivity contribution in [2.24, 2.45) is 5.41 Å². The van der Waals surface area contributed by atoms with Gasteiger partial charge in [0, 0.05) is 11.2 Å². The highest BCUT2D eigenvalue weighted by Gasteiger charge is 2.46. The minimum atomic E-state index is -0.856. The summed E-state index contributed by atoms with van der Waals surface area (Å²) in [5.41, 5.74) is 0.629. The summed E-state index contributed by atoms with van der Waals surface area (Å²) in [6, 6.07) is 0. The van der Waals surface area contributed by atoms with E-state index in [4.69, 9.17) is 4.74 Å². The normalized spacial score (nSPS) is 25.4. The van der Waals surface area contributed by atoms with Crippen LogP contribution in [0.5, 0.6) is 0 Å². The molecule has 0 aromatic rings. The van der Waals surface area contributed by atoms with E-state index in [2.05, 4.69) is 13.0 Å². The summed E-state index contributed by atoms with van der Waals surface area (Å²) in [6.07, 6.45) is 12.5. The van der Waals surface area contributed by atoms with Crippen LogP contribution in [0.2, 0.25) is 0 Å². The molecule has 1 fully saturated rings. The molecule has 0 unspecified atom stereocenters. The molecule has 0 aliphatic heterocycles. The quantitative estimate of drug-likeness (QED) is 0.191. The van der Waals surface area contributed by atoms with Crippen molar-refractivity contribution in [3.05, 3.63) is 11.6 Å². The average molecular weight is 443 g/mol. The minimum Gasteiger partial charge on any atom is -0.481 e. The van der Waals surface area contributed by atoms with Crippen molar-refractivity contribution in [3.63, 3.8) is 0 Å². The van der Waals surface area contributed by atoms with E-state index in [1.807, 2.05) is 6.92 Å². The highest BCUT2D eigenvalue weighted by molar-refractivity contribution is 8.00. The zero-order valence-electron chi connectivity index (χ0n) is 19.2. The molecule has 2 N–H and O–H groups in total. The van der Waals surface area contributed by atoms with Gasteiger partial charge in [-0.2, -0.15) is 11.8 Å². The third kappa shape index (κ3) is 9.01. The molecular weight excluding hydrogens is 400 g/mol. The first kappa shape index (κ1) is 27.0. The Balaban J connectivity index is 2.77. The number of unbranched alkanes of at least 4 members (excludes halogenated alkanes) is 6. The second-order valence-electron chi connectivity index (χ2n) is 8.41. The molecule has 0 heterocycles. The van der Waals surface area contributed by atoms with Gasteiger partial charge in [-0.25, -0.2) is 0 Å². The van der Waals surface area contributed by atoms with Gasteiger partial charge in [0.2, 0.25) is 0 Å². The number of ether oxygens (including phenoxy) is 1. The standard InChI is InChI=1S/C24H42O5S/c1-4-7-8-9-10-11-12-13-19-14-16-24(5-2,18-20(25)26)23(28)22(19)30-17-15-21(27)29-6-3/h13,22-23,28H,4-12,14-18H2,1-3H3,(H,25,26)/t22-,23+,24-/m1/s1. The first-order valence-electron chi connectivity index (χ1n) is 11.8. The number of aliphatic hydroxyl groups is 1. The summed E-state index contributed by atoms with van der Waals surface area (Å²) in [5, 5.41) is 20.5. The second-order valence-corrected chi connectivity index (χ2v) is 9.66. The van der Waals surface area contributed by atoms with Crippen LogP contribution in [0, 0.1) is 5.41 Å². The lowest BCUT2D eigenvalue weighted by molar-refractivity contribution is -0.143. The summed E-state index contributed by atoms with van der Waals surface area (Å²) in [4.78, 5) is 23.2. The Morgan fingerprint density at radius 3 is 2.50 bits per heavy atom. The monoisotopic (exact) mass is 442 g/mol. The maximum Gasteiger partial charge on any atom is 0.306 e. The third-order valence-corrected chi connectivity index (χ3v) is 7.63. The number of hydrogen-bond donors (Lipinski definition) is 2. The van der Waals surface area contributed by atoms with E-state index in [9.17, 15) is 19.8 Å². The van der Waals surface area contributed by atoms with Crippen molar-refractivity contribution in [1.29, 1.82) is 0 Å². The Kier molecular flexibility index (Phi) is 13.4. The van der Waals surface area contributed by atoms with E-state index < -0.39 is 17.5 Å². The SMILES string of the molecule is CCCCCCCCC=C1CC[C@](CC)(CC(=O)O)[C@@H](O)[C@@H]1SCCC(=O)OCC. The summed E-state index contributed by atoms with van der Waals surface area (Å²) >= 11 is 1.58. The van der Waals surface area contributed by atoms with E-state index in [1.54, 1.807) is 18.7 Å². The molecule has 5 nitrogen and oxygen atoms in total. The van der Waals surface area contributed by atoms with Crippen LogP contribution in [-0.4, -0.2) is 45.9 Å². The van der Waals surface area contributed by atoms with Gasteiger partial charge in [-0.05, 0) is 39.0 Å². The van der Waals surface area contributed by atoms with Gasteiger partial charge in [-0.3, -0.25) is 9.59 Å². The fourth-order valence-electron chi connectivity index (χ4n) is 4.34. The molecule has 3 atom stereocenters. The molecule has 0 amide bonds. The van der Waals surface area contributed by atoms with Gasteiger partial charge in [0.25, 0.3) is 0 Å². The van der Waals surface area contributed by atoms with Crippen molar-refractivity contribution in [3.8, 4) is 0 Å². The number of thioether (sulfide) groups is 1. The van der Waals surface area contributed by atoms with Gasteiger partial charge in [-0.1, -0.05) is 57.6 Å². The minimum absolute atomic E-state index is 0.00961. The predicted molar refractivity (Wildman–Crippen MR) is 124 cm³/mol. The second kappa shape index (κ2) is 14.9. The molecule has 30 heavy (non-hydrogen) atoms. The summed E-state index contributed by atoms with van der Waals surface area (Å²) < 4.78 is 5.01. The summed E-state index contributed by atoms with van der Waals surface area (Å²) in [7, 11) is 0. The van der Waals surface area contributed by atoms with Crippen LogP contribution in [0.4, 0.5) is 0 Å². The highest BCUT2D eigenvalue weighted by Crippen LogP contribution is 2.48. The fourth-order valence-corrected chi connectivity index (χ4v) is 5.78. The number of aliphatic carboxylic acids is 1. The Morgan fingerprint density at radius 1 is 1.17 bits per heavy atom. The van der Waals surface area contributed by atoms with Crippen LogP contribution in [0.25, 0.3) is 0 Å². The summed E-state index contributed by atoms with van der Waals surface area (Å²) in [5.74, 6) is -0.507. The molecule has 0 aromatic heterocycles. The van der Waals surface area contributed by atoms with Crippen molar-refractivity contribution in [2.45, 2.75) is 109 Å². The molecule has 174 valence electrons. The lowest BCUT2D eigenvalue weighted by atomic mass is 9.66. The van der Waals surface area contributed by atoms with Gasteiger partial charge in [0.05, 0.1) is 30.8 Å². The molecular formula is C24H42O5S. The zero-order chi connectivity index (χ0) is 22.4. The van der Waals surface area contributed by atoms with Crippen LogP contribution in [-0.2, 0) is 14.3 Å². The van der Waals surface area contributed by atoms with Crippen molar-refractivity contribution in [2.75, 3.05) is 12.4 Å². The molecule has 0 saturated heterocycles. The van der Waals surface area contributed by atoms with Crippen LogP contribution < -0.4 is 0 Å². The van der Waals surface area contributed by atoms with Crippen molar-refractivity contribution < 1.29 is 24.5 Å². The number of carbonyl (C=O) groups excluding carboxylic acids is 1. The molecule has 1 aliphatic carbocycles. The van der Waals surface area contributed by atoms with Crippen LogP contribution in [0.3, 0.4) is 0 Å². The largest absolute Gasteiger partial charge is 0.481 e. The van der Waals surface area contributed by atoms with Crippen molar-refractivity contribution in [1.82, 2.24) is 0 Å². The number of carboxylic acid groups (broad SMARTS) is 1. The Labute approximate surface area is 187 Å². The average Bonchev–Trinajstić information content (AvgIpc) is 2.71. The number of esters is 1. The third-order valence-electron chi connectivity index (χ3n) is 6.27. The molecule has 0 radical (unpaired) electrons. The number of allylic oxidation sites excluding steroid dienone is 1. The maximum atomic E-state index is 11.7. The highest BCUT2D eigenvalue weighted by atomic mass is 32.2. The number of carbonyl (C=O) groups is 2. The lowest BCUT2D eigenvalue weighted by Gasteiger charge is -2.45. The number of carboxylic acids is 1. The lowest BCUT2D eigenvalue weighted by Crippen LogP contribution is -2.47. The molecule has 1 aliphatic rings. The van der Waals surface area contributed by atoms with Crippen LogP contribution in [0.15, 0.2) is 11.6 Å². The molecule has 1 rings (SSSR count). The number of rotatable bonds is 15. The van der Waals surface area contributed by atoms with Gasteiger partial charge >= 0.3 is 11.9 Å². The first-order chi connectivity index (χ1) is 14.4. The topological polar surface area (TPSA) is 83.8 Å². The van der Waals surface area contributed by atoms with Gasteiger partial charge < -0.3 is 14.9 Å². The molecule has 0 aromatic carbocycles. The van der Waals surface area contributed by atoms with E-state index in [-0.39, 0.29) is 17.6 Å². The molecule has 0 spiro atoms. The van der Waals surface area contributed by atoms with E-state index in [0.29, 0.717) is 31.6 Å². The Bertz CT molecular complexity index is 548. The Hall–Kier alpha value is -1.01. The smallest absolute Gasteiger partial charge is 0.306 e. The fraction of sp³-hybridized carbons (Fsp3) is 0.833. The Morgan fingerprint density at radius 2 is 1.87 bits per heavy atom. The maximum absolute atomic E-state index is 11.7. The van der Waals surface area contributed by atoms with Crippen molar-refractivity contribution >= 4 is 23.7 Å².